The molecular weight excluding hydrogens is 284 g/mol. The molecule has 0 aliphatic rings. The van der Waals surface area contributed by atoms with Gasteiger partial charge in [0, 0.05) is 31.5 Å². The van der Waals surface area contributed by atoms with Crippen LogP contribution in [0.1, 0.15) is 18.9 Å². The largest absolute Gasteiger partial charge is 0.389 e. The van der Waals surface area contributed by atoms with Gasteiger partial charge in [0.25, 0.3) is 5.56 Å². The highest BCUT2D eigenvalue weighted by molar-refractivity contribution is 7.80. The number of para-hydroxylation sites is 1. The molecule has 0 amide bonds. The fourth-order valence-electron chi connectivity index (χ4n) is 2.17. The minimum absolute atomic E-state index is 0.125. The number of nitrogens with two attached hydrogens (primary N) is 1. The van der Waals surface area contributed by atoms with E-state index in [4.69, 9.17) is 18.0 Å². The van der Waals surface area contributed by atoms with Crippen molar-refractivity contribution >= 4 is 28.7 Å². The molecule has 6 heteroatoms. The van der Waals surface area contributed by atoms with Crippen molar-refractivity contribution in [2.75, 3.05) is 11.9 Å². The second kappa shape index (κ2) is 6.49. The van der Waals surface area contributed by atoms with Crippen LogP contribution in [0.15, 0.2) is 41.5 Å². The molecule has 0 aliphatic carbocycles. The predicted octanol–water partition coefficient (Wildman–Crippen LogP) is 2.06. The number of anilines is 2. The number of rotatable bonds is 5. The maximum Gasteiger partial charge on any atom is 0.293 e. The van der Waals surface area contributed by atoms with Crippen LogP contribution in [0.3, 0.4) is 0 Å². The Kier molecular flexibility index (Phi) is 4.70. The minimum Gasteiger partial charge on any atom is -0.389 e. The second-order valence-corrected chi connectivity index (χ2v) is 5.13. The van der Waals surface area contributed by atoms with E-state index in [2.05, 4.69) is 4.98 Å². The molecule has 0 unspecified atom stereocenters. The smallest absolute Gasteiger partial charge is 0.293 e. The first-order valence-corrected chi connectivity index (χ1v) is 7.15. The molecule has 2 aromatic rings. The number of hydrogen-bond acceptors (Lipinski definition) is 4. The van der Waals surface area contributed by atoms with Gasteiger partial charge < -0.3 is 15.2 Å². The molecule has 0 aliphatic heterocycles. The fourth-order valence-corrected chi connectivity index (χ4v) is 2.34. The highest BCUT2D eigenvalue weighted by Crippen LogP contribution is 2.23. The quantitative estimate of drug-likeness (QED) is 0.857. The van der Waals surface area contributed by atoms with E-state index in [0.29, 0.717) is 17.4 Å². The van der Waals surface area contributed by atoms with Crippen molar-refractivity contribution in [3.8, 4) is 0 Å². The summed E-state index contributed by atoms with van der Waals surface area (Å²) in [6.45, 7) is 2.69. The van der Waals surface area contributed by atoms with Gasteiger partial charge in [0.05, 0.1) is 5.69 Å². The van der Waals surface area contributed by atoms with Crippen molar-refractivity contribution in [1.82, 2.24) is 9.55 Å². The molecule has 2 rings (SSSR count). The lowest BCUT2D eigenvalue weighted by atomic mass is 10.1. The van der Waals surface area contributed by atoms with Crippen LogP contribution in [0.2, 0.25) is 0 Å². The number of benzene rings is 1. The SMILES string of the molecule is CCCn1ccnc(N(C)c2ccccc2C(N)=S)c1=O. The molecule has 0 saturated carbocycles. The van der Waals surface area contributed by atoms with Gasteiger partial charge in [-0.2, -0.15) is 0 Å². The Labute approximate surface area is 129 Å². The molecule has 0 atom stereocenters. The average Bonchev–Trinajstić information content (AvgIpc) is 2.49. The third-order valence-electron chi connectivity index (χ3n) is 3.21. The first kappa shape index (κ1) is 15.2. The minimum atomic E-state index is -0.125. The molecule has 0 spiro atoms. The Balaban J connectivity index is 2.51. The number of aryl methyl sites for hydroxylation is 1. The van der Waals surface area contributed by atoms with Gasteiger partial charge in [-0.3, -0.25) is 4.79 Å². The maximum atomic E-state index is 12.4. The third-order valence-corrected chi connectivity index (χ3v) is 3.43. The zero-order chi connectivity index (χ0) is 15.4. The lowest BCUT2D eigenvalue weighted by molar-refractivity contribution is 0.648. The van der Waals surface area contributed by atoms with Gasteiger partial charge in [-0.05, 0) is 18.6 Å². The molecule has 1 heterocycles. The van der Waals surface area contributed by atoms with Crippen LogP contribution in [-0.2, 0) is 6.54 Å². The van der Waals surface area contributed by atoms with Crippen molar-refractivity contribution in [3.05, 3.63) is 52.6 Å². The van der Waals surface area contributed by atoms with Crippen LogP contribution in [0, 0.1) is 0 Å². The standard InChI is InChI=1S/C15H18N4OS/c1-3-9-19-10-8-17-14(15(19)20)18(2)12-7-5-4-6-11(12)13(16)21/h4-8,10H,3,9H2,1-2H3,(H2,16,21). The van der Waals surface area contributed by atoms with Gasteiger partial charge >= 0.3 is 0 Å². The third kappa shape index (κ3) is 3.11. The van der Waals surface area contributed by atoms with E-state index in [1.807, 2.05) is 31.2 Å². The lowest BCUT2D eigenvalue weighted by Gasteiger charge is -2.21. The summed E-state index contributed by atoms with van der Waals surface area (Å²) in [6.07, 6.45) is 4.21. The Bertz CT molecular complexity index is 711. The van der Waals surface area contributed by atoms with Crippen LogP contribution in [0.4, 0.5) is 11.5 Å². The number of thiocarbonyl (C=S) groups is 1. The van der Waals surface area contributed by atoms with E-state index in [9.17, 15) is 4.79 Å². The van der Waals surface area contributed by atoms with E-state index in [1.165, 1.54) is 0 Å². The molecule has 0 saturated heterocycles. The fraction of sp³-hybridized carbons (Fsp3) is 0.267. The number of nitrogens with zero attached hydrogens (tertiary/aromatic N) is 3. The molecule has 1 aromatic carbocycles. The van der Waals surface area contributed by atoms with Crippen LogP contribution >= 0.6 is 12.2 Å². The average molecular weight is 302 g/mol. The van der Waals surface area contributed by atoms with Crippen LogP contribution < -0.4 is 16.2 Å². The predicted molar refractivity (Wildman–Crippen MR) is 89.2 cm³/mol. The molecule has 0 bridgehead atoms. The van der Waals surface area contributed by atoms with Crippen LogP contribution in [-0.4, -0.2) is 21.6 Å². The molecule has 0 fully saturated rings. The molecule has 110 valence electrons. The molecule has 0 radical (unpaired) electrons. The van der Waals surface area contributed by atoms with Crippen molar-refractivity contribution in [2.24, 2.45) is 5.73 Å². The first-order valence-electron chi connectivity index (χ1n) is 6.74. The van der Waals surface area contributed by atoms with Crippen molar-refractivity contribution in [2.45, 2.75) is 19.9 Å². The van der Waals surface area contributed by atoms with Crippen LogP contribution in [0.5, 0.6) is 0 Å². The second-order valence-electron chi connectivity index (χ2n) is 4.69. The first-order chi connectivity index (χ1) is 10.1. The molecule has 5 nitrogen and oxygen atoms in total. The zero-order valence-corrected chi connectivity index (χ0v) is 12.9. The Morgan fingerprint density at radius 1 is 1.43 bits per heavy atom. The van der Waals surface area contributed by atoms with Gasteiger partial charge in [-0.25, -0.2) is 4.98 Å². The monoisotopic (exact) mass is 302 g/mol. The summed E-state index contributed by atoms with van der Waals surface area (Å²) in [6, 6.07) is 7.44. The van der Waals surface area contributed by atoms with Gasteiger partial charge in [0.2, 0.25) is 0 Å². The summed E-state index contributed by atoms with van der Waals surface area (Å²) in [5.74, 6) is 0.356. The van der Waals surface area contributed by atoms with Crippen molar-refractivity contribution in [1.29, 1.82) is 0 Å². The van der Waals surface area contributed by atoms with Crippen molar-refractivity contribution in [3.63, 3.8) is 0 Å². The normalized spacial score (nSPS) is 10.4. The van der Waals surface area contributed by atoms with E-state index in [-0.39, 0.29) is 5.56 Å². The summed E-state index contributed by atoms with van der Waals surface area (Å²) in [7, 11) is 1.79. The molecule has 2 N–H and O–H groups in total. The van der Waals surface area contributed by atoms with E-state index in [1.54, 1.807) is 28.9 Å². The summed E-state index contributed by atoms with van der Waals surface area (Å²) in [5.41, 5.74) is 7.11. The summed E-state index contributed by atoms with van der Waals surface area (Å²) < 4.78 is 1.65. The van der Waals surface area contributed by atoms with Gasteiger partial charge in [-0.15, -0.1) is 0 Å². The topological polar surface area (TPSA) is 64.2 Å². The van der Waals surface area contributed by atoms with Crippen molar-refractivity contribution < 1.29 is 0 Å². The molecule has 21 heavy (non-hydrogen) atoms. The summed E-state index contributed by atoms with van der Waals surface area (Å²) in [4.78, 5) is 18.7. The maximum absolute atomic E-state index is 12.4. The Morgan fingerprint density at radius 2 is 2.14 bits per heavy atom. The molecular formula is C15H18N4OS. The Morgan fingerprint density at radius 3 is 2.81 bits per heavy atom. The molecule has 1 aromatic heterocycles. The van der Waals surface area contributed by atoms with Crippen LogP contribution in [0.25, 0.3) is 0 Å². The summed E-state index contributed by atoms with van der Waals surface area (Å²) >= 11 is 5.07. The number of hydrogen-bond donors (Lipinski definition) is 1. The zero-order valence-electron chi connectivity index (χ0n) is 12.1. The van der Waals surface area contributed by atoms with E-state index >= 15 is 0 Å². The van der Waals surface area contributed by atoms with Gasteiger partial charge in [0.1, 0.15) is 4.99 Å². The van der Waals surface area contributed by atoms with E-state index < -0.39 is 0 Å². The van der Waals surface area contributed by atoms with E-state index in [0.717, 1.165) is 17.7 Å². The lowest BCUT2D eigenvalue weighted by Crippen LogP contribution is -2.29. The number of aromatic nitrogens is 2. The van der Waals surface area contributed by atoms with Gasteiger partial charge in [-0.1, -0.05) is 31.3 Å². The highest BCUT2D eigenvalue weighted by Gasteiger charge is 2.15. The van der Waals surface area contributed by atoms with Gasteiger partial charge in [0.15, 0.2) is 5.82 Å². The Hall–Kier alpha value is -2.21. The summed E-state index contributed by atoms with van der Waals surface area (Å²) in [5, 5.41) is 0. The highest BCUT2D eigenvalue weighted by atomic mass is 32.1.